The van der Waals surface area contributed by atoms with E-state index < -0.39 is 10.0 Å². The van der Waals surface area contributed by atoms with Gasteiger partial charge in [-0.25, -0.2) is 12.8 Å². The van der Waals surface area contributed by atoms with Gasteiger partial charge in [0.15, 0.2) is 0 Å². The summed E-state index contributed by atoms with van der Waals surface area (Å²) >= 11 is 6.07. The number of nitrogens with one attached hydrogen (secondary N) is 1. The molecule has 0 aliphatic carbocycles. The molecule has 0 spiro atoms. The summed E-state index contributed by atoms with van der Waals surface area (Å²) in [6.07, 6.45) is 0.843. The molecule has 0 saturated carbocycles. The summed E-state index contributed by atoms with van der Waals surface area (Å²) in [6.45, 7) is 2.32. The molecule has 1 atom stereocenters. The van der Waals surface area contributed by atoms with E-state index in [2.05, 4.69) is 5.32 Å². The second-order valence-corrected chi connectivity index (χ2v) is 9.60. The molecule has 0 radical (unpaired) electrons. The van der Waals surface area contributed by atoms with E-state index in [-0.39, 0.29) is 46.7 Å². The number of hydrogen-bond acceptors (Lipinski definition) is 4. The van der Waals surface area contributed by atoms with Crippen molar-refractivity contribution >= 4 is 27.5 Å². The predicted molar refractivity (Wildman–Crippen MR) is 112 cm³/mol. The maximum atomic E-state index is 13.1. The van der Waals surface area contributed by atoms with Crippen LogP contribution >= 0.6 is 11.6 Å². The van der Waals surface area contributed by atoms with Crippen molar-refractivity contribution in [2.24, 2.45) is 5.92 Å². The first-order valence-electron chi connectivity index (χ1n) is 9.62. The predicted octanol–water partition coefficient (Wildman–Crippen LogP) is 3.77. The lowest BCUT2D eigenvalue weighted by molar-refractivity contribution is -0.126. The van der Waals surface area contributed by atoms with Gasteiger partial charge in [-0.3, -0.25) is 4.79 Å². The lowest BCUT2D eigenvalue weighted by Crippen LogP contribution is -2.43. The van der Waals surface area contributed by atoms with E-state index in [1.165, 1.54) is 41.7 Å². The minimum atomic E-state index is -3.70. The van der Waals surface area contributed by atoms with Gasteiger partial charge in [-0.1, -0.05) is 23.7 Å². The van der Waals surface area contributed by atoms with E-state index in [1.54, 1.807) is 12.1 Å². The smallest absolute Gasteiger partial charge is 0.243 e. The molecule has 0 bridgehead atoms. The van der Waals surface area contributed by atoms with Gasteiger partial charge in [-0.05, 0) is 55.7 Å². The number of ether oxygens (including phenoxy) is 1. The number of amides is 1. The SMILES string of the molecule is COc1ccc(S(=O)(=O)N2CCC(C(=O)N[C@@H](C)c3ccc(F)cc3)CC2)cc1Cl. The van der Waals surface area contributed by atoms with E-state index in [0.717, 1.165) is 5.56 Å². The lowest BCUT2D eigenvalue weighted by atomic mass is 9.96. The summed E-state index contributed by atoms with van der Waals surface area (Å²) in [5.41, 5.74) is 0.807. The average Bonchev–Trinajstić information content (AvgIpc) is 2.74. The van der Waals surface area contributed by atoms with Crippen LogP contribution in [0.2, 0.25) is 5.02 Å². The molecule has 6 nitrogen and oxygen atoms in total. The molecule has 1 amide bonds. The van der Waals surface area contributed by atoms with E-state index in [4.69, 9.17) is 16.3 Å². The number of benzene rings is 2. The fraction of sp³-hybridized carbons (Fsp3) is 0.381. The Morgan fingerprint density at radius 3 is 2.40 bits per heavy atom. The van der Waals surface area contributed by atoms with Crippen LogP contribution in [0, 0.1) is 11.7 Å². The first-order chi connectivity index (χ1) is 14.2. The number of halogens is 2. The summed E-state index contributed by atoms with van der Waals surface area (Å²) in [5.74, 6) is -0.333. The molecule has 1 fully saturated rings. The zero-order valence-corrected chi connectivity index (χ0v) is 18.3. The van der Waals surface area contributed by atoms with Crippen LogP contribution in [0.25, 0.3) is 0 Å². The Labute approximate surface area is 181 Å². The fourth-order valence-electron chi connectivity index (χ4n) is 3.48. The number of hydrogen-bond donors (Lipinski definition) is 1. The second kappa shape index (κ2) is 9.32. The summed E-state index contributed by atoms with van der Waals surface area (Å²) in [4.78, 5) is 12.7. The van der Waals surface area contributed by atoms with Crippen molar-refractivity contribution in [3.63, 3.8) is 0 Å². The Morgan fingerprint density at radius 2 is 1.83 bits per heavy atom. The van der Waals surface area contributed by atoms with E-state index in [0.29, 0.717) is 18.6 Å². The zero-order chi connectivity index (χ0) is 21.9. The summed E-state index contributed by atoms with van der Waals surface area (Å²) in [7, 11) is -2.24. The van der Waals surface area contributed by atoms with Crippen LogP contribution in [0.3, 0.4) is 0 Å². The third kappa shape index (κ3) is 4.94. The molecule has 2 aromatic carbocycles. The van der Waals surface area contributed by atoms with Crippen molar-refractivity contribution in [2.45, 2.75) is 30.7 Å². The van der Waals surface area contributed by atoms with Crippen molar-refractivity contribution in [1.29, 1.82) is 0 Å². The number of piperidine rings is 1. The molecule has 9 heteroatoms. The highest BCUT2D eigenvalue weighted by molar-refractivity contribution is 7.89. The minimum Gasteiger partial charge on any atom is -0.495 e. The number of carbonyl (C=O) groups is 1. The Kier molecular flexibility index (Phi) is 7.00. The molecular formula is C21H24ClFN2O4S. The number of rotatable bonds is 6. The third-order valence-electron chi connectivity index (χ3n) is 5.31. The maximum absolute atomic E-state index is 13.1. The van der Waals surface area contributed by atoms with Gasteiger partial charge in [-0.15, -0.1) is 0 Å². The van der Waals surface area contributed by atoms with Gasteiger partial charge in [0.1, 0.15) is 11.6 Å². The molecule has 0 unspecified atom stereocenters. The molecule has 1 heterocycles. The maximum Gasteiger partial charge on any atom is 0.243 e. The standard InChI is InChI=1S/C21H24ClFN2O4S/c1-14(15-3-5-17(23)6-4-15)24-21(26)16-9-11-25(12-10-16)30(27,28)18-7-8-20(29-2)19(22)13-18/h3-8,13-14,16H,9-12H2,1-2H3,(H,24,26)/t14-/m0/s1. The van der Waals surface area contributed by atoms with Crippen molar-refractivity contribution in [3.05, 3.63) is 58.9 Å². The first kappa shape index (κ1) is 22.5. The zero-order valence-electron chi connectivity index (χ0n) is 16.8. The second-order valence-electron chi connectivity index (χ2n) is 7.26. The molecule has 30 heavy (non-hydrogen) atoms. The van der Waals surface area contributed by atoms with Gasteiger partial charge in [-0.2, -0.15) is 4.31 Å². The van der Waals surface area contributed by atoms with E-state index in [9.17, 15) is 17.6 Å². The van der Waals surface area contributed by atoms with Gasteiger partial charge in [0.05, 0.1) is 23.1 Å². The Morgan fingerprint density at radius 1 is 1.20 bits per heavy atom. The Hall–Kier alpha value is -2.16. The third-order valence-corrected chi connectivity index (χ3v) is 7.50. The quantitative estimate of drug-likeness (QED) is 0.721. The average molecular weight is 455 g/mol. The molecule has 1 saturated heterocycles. The molecule has 1 N–H and O–H groups in total. The molecule has 1 aliphatic rings. The van der Waals surface area contributed by atoms with Crippen LogP contribution in [-0.4, -0.2) is 38.8 Å². The van der Waals surface area contributed by atoms with Crippen molar-refractivity contribution in [2.75, 3.05) is 20.2 Å². The van der Waals surface area contributed by atoms with Gasteiger partial charge < -0.3 is 10.1 Å². The van der Waals surface area contributed by atoms with Crippen LogP contribution < -0.4 is 10.1 Å². The van der Waals surface area contributed by atoms with Crippen molar-refractivity contribution < 1.29 is 22.3 Å². The van der Waals surface area contributed by atoms with Gasteiger partial charge in [0.25, 0.3) is 0 Å². The molecule has 162 valence electrons. The van der Waals surface area contributed by atoms with E-state index in [1.807, 2.05) is 6.92 Å². The summed E-state index contributed by atoms with van der Waals surface area (Å²) in [5, 5.41) is 3.15. The Bertz CT molecular complexity index is 1010. The van der Waals surface area contributed by atoms with Crippen LogP contribution in [0.5, 0.6) is 5.75 Å². The monoisotopic (exact) mass is 454 g/mol. The number of carbonyl (C=O) groups excluding carboxylic acids is 1. The van der Waals surface area contributed by atoms with Gasteiger partial charge in [0, 0.05) is 19.0 Å². The number of nitrogens with zero attached hydrogens (tertiary/aromatic N) is 1. The summed E-state index contributed by atoms with van der Waals surface area (Å²) < 4.78 is 45.3. The highest BCUT2D eigenvalue weighted by atomic mass is 35.5. The lowest BCUT2D eigenvalue weighted by Gasteiger charge is -2.31. The van der Waals surface area contributed by atoms with Crippen molar-refractivity contribution in [3.8, 4) is 5.75 Å². The van der Waals surface area contributed by atoms with Crippen LogP contribution in [0.4, 0.5) is 4.39 Å². The van der Waals surface area contributed by atoms with E-state index >= 15 is 0 Å². The van der Waals surface area contributed by atoms with Crippen LogP contribution in [0.1, 0.15) is 31.4 Å². The highest BCUT2D eigenvalue weighted by Crippen LogP contribution is 2.30. The molecule has 1 aliphatic heterocycles. The Balaban J connectivity index is 1.60. The molecular weight excluding hydrogens is 431 g/mol. The highest BCUT2D eigenvalue weighted by Gasteiger charge is 2.32. The van der Waals surface area contributed by atoms with Gasteiger partial charge >= 0.3 is 0 Å². The topological polar surface area (TPSA) is 75.7 Å². The van der Waals surface area contributed by atoms with Crippen molar-refractivity contribution in [1.82, 2.24) is 9.62 Å². The fourth-order valence-corrected chi connectivity index (χ4v) is 5.30. The first-order valence-corrected chi connectivity index (χ1v) is 11.4. The largest absolute Gasteiger partial charge is 0.495 e. The summed E-state index contributed by atoms with van der Waals surface area (Å²) in [6, 6.07) is 10.1. The van der Waals surface area contributed by atoms with Crippen LogP contribution in [0.15, 0.2) is 47.4 Å². The minimum absolute atomic E-state index is 0.0983. The molecule has 3 rings (SSSR count). The van der Waals surface area contributed by atoms with Crippen LogP contribution in [-0.2, 0) is 14.8 Å². The molecule has 2 aromatic rings. The number of sulfonamides is 1. The van der Waals surface area contributed by atoms with Gasteiger partial charge in [0.2, 0.25) is 15.9 Å². The normalized spacial score (nSPS) is 16.8. The molecule has 0 aromatic heterocycles. The number of methoxy groups -OCH3 is 1.